The smallest absolute Gasteiger partial charge is 0.341 e. The first kappa shape index (κ1) is 8.42. The maximum absolute atomic E-state index is 10.2. The molecule has 0 unspecified atom stereocenters. The summed E-state index contributed by atoms with van der Waals surface area (Å²) in [6, 6.07) is 3.17. The largest absolute Gasteiger partial charge is 0.479 e. The maximum Gasteiger partial charge on any atom is 0.341 e. The Morgan fingerprint density at radius 3 is 3.21 bits per heavy atom. The van der Waals surface area contributed by atoms with Crippen molar-refractivity contribution >= 4 is 11.6 Å². The molecule has 0 amide bonds. The number of hydrogen-bond acceptors (Lipinski definition) is 5. The van der Waals surface area contributed by atoms with Gasteiger partial charge < -0.3 is 9.84 Å². The highest BCUT2D eigenvalue weighted by molar-refractivity contribution is 5.68. The highest BCUT2D eigenvalue weighted by Crippen LogP contribution is 2.06. The molecule has 0 aromatic carbocycles. The normalized spacial score (nSPS) is 10.3. The lowest BCUT2D eigenvalue weighted by Gasteiger charge is -2.00. The molecule has 0 fully saturated rings. The van der Waals surface area contributed by atoms with Gasteiger partial charge in [0, 0.05) is 6.07 Å². The summed E-state index contributed by atoms with van der Waals surface area (Å²) in [4.78, 5) is 10.2. The minimum atomic E-state index is -1.05. The SMILES string of the molecule is O=C(O)COc1ccc2nncn2n1. The maximum atomic E-state index is 10.2. The van der Waals surface area contributed by atoms with Crippen LogP contribution in [-0.2, 0) is 4.79 Å². The first-order chi connectivity index (χ1) is 6.75. The predicted molar refractivity (Wildman–Crippen MR) is 43.9 cm³/mol. The Hall–Kier alpha value is -2.18. The number of carboxylic acids is 1. The number of carboxylic acid groups (broad SMARTS) is 1. The van der Waals surface area contributed by atoms with Crippen LogP contribution >= 0.6 is 0 Å². The lowest BCUT2D eigenvalue weighted by molar-refractivity contribution is -0.139. The van der Waals surface area contributed by atoms with Crippen LogP contribution in [0.15, 0.2) is 18.5 Å². The molecule has 0 radical (unpaired) electrons. The first-order valence-corrected chi connectivity index (χ1v) is 3.77. The highest BCUT2D eigenvalue weighted by atomic mass is 16.5. The van der Waals surface area contributed by atoms with Gasteiger partial charge in [-0.3, -0.25) is 0 Å². The van der Waals surface area contributed by atoms with E-state index in [1.807, 2.05) is 0 Å². The summed E-state index contributed by atoms with van der Waals surface area (Å²) in [5, 5.41) is 19.6. The van der Waals surface area contributed by atoms with E-state index in [0.717, 1.165) is 0 Å². The van der Waals surface area contributed by atoms with Crippen LogP contribution in [0.2, 0.25) is 0 Å². The lowest BCUT2D eigenvalue weighted by atomic mass is 10.5. The van der Waals surface area contributed by atoms with Crippen LogP contribution in [0.5, 0.6) is 5.88 Å². The van der Waals surface area contributed by atoms with Gasteiger partial charge in [-0.2, -0.15) is 4.52 Å². The second-order valence-corrected chi connectivity index (χ2v) is 2.49. The molecule has 0 spiro atoms. The highest BCUT2D eigenvalue weighted by Gasteiger charge is 2.02. The fraction of sp³-hybridized carbons (Fsp3) is 0.143. The molecule has 0 aliphatic heterocycles. The Kier molecular flexibility index (Phi) is 1.98. The van der Waals surface area contributed by atoms with Gasteiger partial charge in [-0.15, -0.1) is 15.3 Å². The molecule has 2 heterocycles. The molecule has 0 aliphatic rings. The Labute approximate surface area is 77.9 Å². The Morgan fingerprint density at radius 2 is 2.43 bits per heavy atom. The summed E-state index contributed by atoms with van der Waals surface area (Å²) < 4.78 is 6.26. The van der Waals surface area contributed by atoms with Gasteiger partial charge in [0.25, 0.3) is 0 Å². The number of fused-ring (bicyclic) bond motifs is 1. The fourth-order valence-corrected chi connectivity index (χ4v) is 0.924. The number of carbonyl (C=O) groups is 1. The minimum absolute atomic E-state index is 0.222. The standard InChI is InChI=1S/C7H6N4O3/c12-7(13)3-14-6-2-1-5-9-8-4-11(5)10-6/h1-2,4H,3H2,(H,12,13). The van der Waals surface area contributed by atoms with E-state index in [1.165, 1.54) is 16.9 Å². The van der Waals surface area contributed by atoms with Crippen molar-refractivity contribution in [3.8, 4) is 5.88 Å². The van der Waals surface area contributed by atoms with Crippen LogP contribution in [0.4, 0.5) is 0 Å². The monoisotopic (exact) mass is 194 g/mol. The number of hydrogen-bond donors (Lipinski definition) is 1. The van der Waals surface area contributed by atoms with Crippen molar-refractivity contribution < 1.29 is 14.6 Å². The van der Waals surface area contributed by atoms with Crippen molar-refractivity contribution in [3.63, 3.8) is 0 Å². The molecule has 0 atom stereocenters. The second-order valence-electron chi connectivity index (χ2n) is 2.49. The zero-order valence-corrected chi connectivity index (χ0v) is 6.99. The summed E-state index contributed by atoms with van der Waals surface area (Å²) in [6.45, 7) is -0.416. The van der Waals surface area contributed by atoms with E-state index in [2.05, 4.69) is 15.3 Å². The van der Waals surface area contributed by atoms with Gasteiger partial charge in [0.2, 0.25) is 5.88 Å². The van der Waals surface area contributed by atoms with E-state index >= 15 is 0 Å². The van der Waals surface area contributed by atoms with E-state index in [0.29, 0.717) is 5.65 Å². The van der Waals surface area contributed by atoms with Crippen molar-refractivity contribution in [2.24, 2.45) is 0 Å². The fourth-order valence-electron chi connectivity index (χ4n) is 0.924. The molecule has 0 saturated heterocycles. The molecule has 1 N–H and O–H groups in total. The molecule has 0 saturated carbocycles. The third-order valence-electron chi connectivity index (χ3n) is 1.48. The molecule has 2 aromatic heterocycles. The summed E-state index contributed by atoms with van der Waals surface area (Å²) in [5.41, 5.74) is 0.577. The second kappa shape index (κ2) is 3.29. The van der Waals surface area contributed by atoms with Crippen LogP contribution in [-0.4, -0.2) is 37.5 Å². The Bertz CT molecular complexity index is 467. The van der Waals surface area contributed by atoms with E-state index < -0.39 is 12.6 Å². The zero-order valence-electron chi connectivity index (χ0n) is 6.99. The molecule has 2 rings (SSSR count). The van der Waals surface area contributed by atoms with Crippen molar-refractivity contribution in [2.45, 2.75) is 0 Å². The summed E-state index contributed by atoms with van der Waals surface area (Å²) in [6.07, 6.45) is 1.41. The van der Waals surface area contributed by atoms with Crippen molar-refractivity contribution in [3.05, 3.63) is 18.5 Å². The van der Waals surface area contributed by atoms with Gasteiger partial charge in [0.1, 0.15) is 6.33 Å². The summed E-state index contributed by atoms with van der Waals surface area (Å²) in [5.74, 6) is -0.824. The summed E-state index contributed by atoms with van der Waals surface area (Å²) >= 11 is 0. The van der Waals surface area contributed by atoms with Crippen LogP contribution in [0.1, 0.15) is 0 Å². The van der Waals surface area contributed by atoms with E-state index in [1.54, 1.807) is 6.07 Å². The predicted octanol–water partition coefficient (Wildman–Crippen LogP) is -0.412. The quantitative estimate of drug-likeness (QED) is 0.714. The molecular weight excluding hydrogens is 188 g/mol. The average Bonchev–Trinajstić information content (AvgIpc) is 2.61. The molecule has 7 nitrogen and oxygen atoms in total. The summed E-state index contributed by atoms with van der Waals surface area (Å²) in [7, 11) is 0. The molecule has 14 heavy (non-hydrogen) atoms. The Morgan fingerprint density at radius 1 is 1.57 bits per heavy atom. The topological polar surface area (TPSA) is 89.6 Å². The third-order valence-corrected chi connectivity index (χ3v) is 1.48. The van der Waals surface area contributed by atoms with Gasteiger partial charge in [-0.25, -0.2) is 4.79 Å². The average molecular weight is 194 g/mol. The van der Waals surface area contributed by atoms with Crippen molar-refractivity contribution in [2.75, 3.05) is 6.61 Å². The van der Waals surface area contributed by atoms with Crippen LogP contribution < -0.4 is 4.74 Å². The molecule has 72 valence electrons. The molecule has 0 aliphatic carbocycles. The minimum Gasteiger partial charge on any atom is -0.479 e. The van der Waals surface area contributed by atoms with Crippen LogP contribution in [0.3, 0.4) is 0 Å². The van der Waals surface area contributed by atoms with Gasteiger partial charge in [0.05, 0.1) is 0 Å². The Balaban J connectivity index is 2.21. The van der Waals surface area contributed by atoms with E-state index in [9.17, 15) is 4.79 Å². The van der Waals surface area contributed by atoms with Gasteiger partial charge >= 0.3 is 5.97 Å². The lowest BCUT2D eigenvalue weighted by Crippen LogP contribution is -2.10. The molecular formula is C7H6N4O3. The van der Waals surface area contributed by atoms with Crippen molar-refractivity contribution in [1.29, 1.82) is 0 Å². The number of rotatable bonds is 3. The number of aliphatic carboxylic acids is 1. The van der Waals surface area contributed by atoms with Gasteiger partial charge in [-0.1, -0.05) is 0 Å². The van der Waals surface area contributed by atoms with Gasteiger partial charge in [-0.05, 0) is 6.07 Å². The molecule has 0 bridgehead atoms. The van der Waals surface area contributed by atoms with Crippen molar-refractivity contribution in [1.82, 2.24) is 19.8 Å². The zero-order chi connectivity index (χ0) is 9.97. The number of nitrogens with zero attached hydrogens (tertiary/aromatic N) is 4. The van der Waals surface area contributed by atoms with E-state index in [4.69, 9.17) is 9.84 Å². The van der Waals surface area contributed by atoms with Gasteiger partial charge in [0.15, 0.2) is 12.3 Å². The number of ether oxygens (including phenoxy) is 1. The van der Waals surface area contributed by atoms with E-state index in [-0.39, 0.29) is 5.88 Å². The molecule has 2 aromatic rings. The number of aromatic nitrogens is 4. The van der Waals surface area contributed by atoms with Crippen LogP contribution in [0.25, 0.3) is 5.65 Å². The molecule has 7 heteroatoms. The van der Waals surface area contributed by atoms with Crippen LogP contribution in [0, 0.1) is 0 Å². The third kappa shape index (κ3) is 1.60. The first-order valence-electron chi connectivity index (χ1n) is 3.77.